The number of methoxy groups -OCH3 is 1. The first-order valence-electron chi connectivity index (χ1n) is 12.8. The van der Waals surface area contributed by atoms with Crippen molar-refractivity contribution in [2.24, 2.45) is 5.92 Å². The summed E-state index contributed by atoms with van der Waals surface area (Å²) in [5.41, 5.74) is 1.25. The molecule has 1 aliphatic carbocycles. The zero-order valence-electron chi connectivity index (χ0n) is 20.8. The maximum atomic E-state index is 14.8. The summed E-state index contributed by atoms with van der Waals surface area (Å²) < 4.78 is 40.1. The second-order valence-electron chi connectivity index (χ2n) is 9.90. The van der Waals surface area contributed by atoms with Crippen LogP contribution >= 0.6 is 0 Å². The molecule has 1 aromatic carbocycles. The van der Waals surface area contributed by atoms with Crippen molar-refractivity contribution >= 4 is 11.5 Å². The molecule has 2 heterocycles. The Balaban J connectivity index is 1.38. The van der Waals surface area contributed by atoms with Gasteiger partial charge in [0.05, 0.1) is 12.8 Å². The number of hydrogen-bond acceptors (Lipinski definition) is 6. The predicted octanol–water partition coefficient (Wildman–Crippen LogP) is 5.21. The van der Waals surface area contributed by atoms with Gasteiger partial charge in [-0.15, -0.1) is 0 Å². The number of nitrogens with zero attached hydrogens (tertiary/aromatic N) is 1. The largest absolute Gasteiger partial charge is 0.385 e. The molecule has 6 nitrogen and oxygen atoms in total. The molecule has 192 valence electrons. The lowest BCUT2D eigenvalue weighted by molar-refractivity contribution is 0.0699. The maximum absolute atomic E-state index is 14.8. The van der Waals surface area contributed by atoms with Gasteiger partial charge in [-0.1, -0.05) is 0 Å². The summed E-state index contributed by atoms with van der Waals surface area (Å²) in [6, 6.07) is 7.47. The van der Waals surface area contributed by atoms with Crippen LogP contribution in [-0.2, 0) is 9.47 Å². The quantitative estimate of drug-likeness (QED) is 0.427. The van der Waals surface area contributed by atoms with Gasteiger partial charge in [-0.2, -0.15) is 0 Å². The van der Waals surface area contributed by atoms with Crippen molar-refractivity contribution in [1.29, 1.82) is 0 Å². The number of anilines is 2. The highest BCUT2D eigenvalue weighted by atomic mass is 19.1. The van der Waals surface area contributed by atoms with Gasteiger partial charge in [0.1, 0.15) is 17.5 Å². The number of benzene rings is 1. The van der Waals surface area contributed by atoms with E-state index in [0.717, 1.165) is 64.0 Å². The van der Waals surface area contributed by atoms with E-state index in [-0.39, 0.29) is 17.2 Å². The summed E-state index contributed by atoms with van der Waals surface area (Å²) in [4.78, 5) is 4.23. The van der Waals surface area contributed by atoms with Crippen molar-refractivity contribution in [3.63, 3.8) is 0 Å². The van der Waals surface area contributed by atoms with E-state index in [1.165, 1.54) is 12.3 Å². The Morgan fingerprint density at radius 1 is 1.00 bits per heavy atom. The molecule has 3 N–H and O–H groups in total. The molecule has 1 saturated heterocycles. The molecule has 2 aliphatic rings. The zero-order chi connectivity index (χ0) is 24.6. The zero-order valence-corrected chi connectivity index (χ0v) is 20.8. The molecule has 4 rings (SSSR count). The van der Waals surface area contributed by atoms with Crippen molar-refractivity contribution in [3.05, 3.63) is 42.1 Å². The lowest BCUT2D eigenvalue weighted by Gasteiger charge is -2.31. The third-order valence-corrected chi connectivity index (χ3v) is 7.06. The minimum Gasteiger partial charge on any atom is -0.385 e. The molecule has 1 saturated carbocycles. The molecular weight excluding hydrogens is 450 g/mol. The van der Waals surface area contributed by atoms with E-state index in [1.807, 2.05) is 0 Å². The van der Waals surface area contributed by atoms with E-state index >= 15 is 0 Å². The highest BCUT2D eigenvalue weighted by molar-refractivity contribution is 5.71. The first kappa shape index (κ1) is 25.8. The summed E-state index contributed by atoms with van der Waals surface area (Å²) in [5.74, 6) is 0.121. The Morgan fingerprint density at radius 3 is 2.46 bits per heavy atom. The van der Waals surface area contributed by atoms with E-state index < -0.39 is 11.6 Å². The first-order valence-corrected chi connectivity index (χ1v) is 12.8. The monoisotopic (exact) mass is 488 g/mol. The van der Waals surface area contributed by atoms with E-state index in [2.05, 4.69) is 27.9 Å². The Bertz CT molecular complexity index is 947. The molecule has 0 amide bonds. The van der Waals surface area contributed by atoms with Crippen LogP contribution in [0.4, 0.5) is 20.3 Å². The van der Waals surface area contributed by atoms with Gasteiger partial charge >= 0.3 is 0 Å². The van der Waals surface area contributed by atoms with Crippen LogP contribution in [0.5, 0.6) is 0 Å². The third kappa shape index (κ3) is 7.35. The van der Waals surface area contributed by atoms with Crippen LogP contribution in [-0.4, -0.2) is 56.6 Å². The molecule has 1 aliphatic heterocycles. The van der Waals surface area contributed by atoms with Crippen LogP contribution in [0.15, 0.2) is 30.5 Å². The van der Waals surface area contributed by atoms with Crippen molar-refractivity contribution in [1.82, 2.24) is 10.3 Å². The highest BCUT2D eigenvalue weighted by Gasteiger charge is 2.23. The fourth-order valence-corrected chi connectivity index (χ4v) is 5.09. The first-order chi connectivity index (χ1) is 17.0. The van der Waals surface area contributed by atoms with E-state index in [1.54, 1.807) is 25.3 Å². The minimum absolute atomic E-state index is 0.221. The van der Waals surface area contributed by atoms with E-state index in [4.69, 9.17) is 9.47 Å². The molecule has 0 radical (unpaired) electrons. The molecule has 1 atom stereocenters. The van der Waals surface area contributed by atoms with Gasteiger partial charge in [-0.05, 0) is 75.6 Å². The Hall–Kier alpha value is -2.29. The number of aromatic nitrogens is 1. The predicted molar refractivity (Wildman–Crippen MR) is 136 cm³/mol. The van der Waals surface area contributed by atoms with Crippen LogP contribution in [0.25, 0.3) is 11.1 Å². The van der Waals surface area contributed by atoms with Crippen LogP contribution in [0.3, 0.4) is 0 Å². The summed E-state index contributed by atoms with van der Waals surface area (Å²) in [7, 11) is 1.72. The van der Waals surface area contributed by atoms with Crippen molar-refractivity contribution < 1.29 is 18.3 Å². The molecule has 0 bridgehead atoms. The van der Waals surface area contributed by atoms with Crippen LogP contribution in [0.1, 0.15) is 45.4 Å². The number of hydrogen-bond donors (Lipinski definition) is 3. The van der Waals surface area contributed by atoms with Crippen molar-refractivity contribution in [2.75, 3.05) is 44.1 Å². The lowest BCUT2D eigenvalue weighted by atomic mass is 9.90. The Labute approximate surface area is 207 Å². The minimum atomic E-state index is -0.531. The normalized spacial score (nSPS) is 22.1. The SMILES string of the molecule is COC[C@@H](C)NC1CCC(Nc2cc(-c3cc(NCC4CCOCC4)ccc3F)c(F)cn2)CC1. The summed E-state index contributed by atoms with van der Waals surface area (Å²) in [6.45, 7) is 5.19. The third-order valence-electron chi connectivity index (χ3n) is 7.06. The van der Waals surface area contributed by atoms with Gasteiger partial charge in [0, 0.05) is 61.8 Å². The van der Waals surface area contributed by atoms with Gasteiger partial charge in [0.2, 0.25) is 0 Å². The van der Waals surface area contributed by atoms with Gasteiger partial charge in [0.25, 0.3) is 0 Å². The van der Waals surface area contributed by atoms with Crippen LogP contribution < -0.4 is 16.0 Å². The lowest BCUT2D eigenvalue weighted by Crippen LogP contribution is -2.42. The highest BCUT2D eigenvalue weighted by Crippen LogP contribution is 2.31. The van der Waals surface area contributed by atoms with Gasteiger partial charge in [-0.25, -0.2) is 13.8 Å². The smallest absolute Gasteiger partial charge is 0.149 e. The average Bonchev–Trinajstić information content (AvgIpc) is 2.87. The number of pyridine rings is 1. The summed E-state index contributed by atoms with van der Waals surface area (Å²) in [6.07, 6.45) is 7.29. The van der Waals surface area contributed by atoms with Crippen LogP contribution in [0, 0.1) is 17.6 Å². The van der Waals surface area contributed by atoms with E-state index in [9.17, 15) is 8.78 Å². The number of rotatable bonds is 10. The van der Waals surface area contributed by atoms with Crippen molar-refractivity contribution in [3.8, 4) is 11.1 Å². The molecule has 35 heavy (non-hydrogen) atoms. The molecular formula is C27H38F2N4O2. The molecule has 1 aromatic heterocycles. The van der Waals surface area contributed by atoms with Gasteiger partial charge < -0.3 is 25.4 Å². The fraction of sp³-hybridized carbons (Fsp3) is 0.593. The van der Waals surface area contributed by atoms with Crippen molar-refractivity contribution in [2.45, 2.75) is 63.6 Å². The second kappa shape index (κ2) is 12.6. The summed E-state index contributed by atoms with van der Waals surface area (Å²) >= 11 is 0. The topological polar surface area (TPSA) is 67.4 Å². The number of halogens is 2. The Kier molecular flexibility index (Phi) is 9.29. The molecule has 0 unspecified atom stereocenters. The van der Waals surface area contributed by atoms with Gasteiger partial charge in [0.15, 0.2) is 0 Å². The second-order valence-corrected chi connectivity index (χ2v) is 9.90. The molecule has 8 heteroatoms. The Morgan fingerprint density at radius 2 is 1.71 bits per heavy atom. The summed E-state index contributed by atoms with van der Waals surface area (Å²) in [5, 5.41) is 10.4. The standard InChI is InChI=1S/C27H38F2N4O2/c1-18(17-34-2)32-20-3-5-21(6-4-20)33-27-14-24(26(29)16-31-27)23-13-22(7-8-25(23)28)30-15-19-9-11-35-12-10-19/h7-8,13-14,16,18-21,30,32H,3-6,9-12,15,17H2,1-2H3,(H,31,33)/t18-,20?,21?/m1/s1. The number of nitrogens with one attached hydrogen (secondary N) is 3. The van der Waals surface area contributed by atoms with Crippen LogP contribution in [0.2, 0.25) is 0 Å². The van der Waals surface area contributed by atoms with E-state index in [0.29, 0.717) is 30.4 Å². The molecule has 2 fully saturated rings. The number of ether oxygens (including phenoxy) is 2. The fourth-order valence-electron chi connectivity index (χ4n) is 5.09. The van der Waals surface area contributed by atoms with Gasteiger partial charge in [-0.3, -0.25) is 0 Å². The molecule has 0 spiro atoms. The maximum Gasteiger partial charge on any atom is 0.149 e. The average molecular weight is 489 g/mol. The molecule has 2 aromatic rings.